The van der Waals surface area contributed by atoms with E-state index in [2.05, 4.69) is 15.5 Å². The van der Waals surface area contributed by atoms with Crippen LogP contribution >= 0.6 is 0 Å². The van der Waals surface area contributed by atoms with Gasteiger partial charge in [-0.25, -0.2) is 0 Å². The Kier molecular flexibility index (Phi) is 5.77. The number of amides is 1. The summed E-state index contributed by atoms with van der Waals surface area (Å²) >= 11 is 0. The molecule has 132 valence electrons. The van der Waals surface area contributed by atoms with Gasteiger partial charge in [0, 0.05) is 24.8 Å². The Bertz CT molecular complexity index is 647. The number of carbonyl (C=O) groups excluding carboxylic acids is 1. The maximum Gasteiger partial charge on any atom is 0.227 e. The number of aliphatic hydroxyl groups is 1. The van der Waals surface area contributed by atoms with Gasteiger partial charge in [0.15, 0.2) is 0 Å². The molecule has 0 fully saturated rings. The quantitative estimate of drug-likeness (QED) is 0.768. The van der Waals surface area contributed by atoms with E-state index >= 15 is 0 Å². The van der Waals surface area contributed by atoms with E-state index in [0.717, 1.165) is 5.56 Å². The molecule has 2 aromatic heterocycles. The van der Waals surface area contributed by atoms with Crippen molar-refractivity contribution in [2.45, 2.75) is 46.6 Å². The molecule has 0 bridgehead atoms. The molecule has 24 heavy (non-hydrogen) atoms. The van der Waals surface area contributed by atoms with E-state index in [1.165, 1.54) is 12.5 Å². The molecule has 1 atom stereocenters. The van der Waals surface area contributed by atoms with Gasteiger partial charge < -0.3 is 19.4 Å². The summed E-state index contributed by atoms with van der Waals surface area (Å²) in [7, 11) is 0. The van der Waals surface area contributed by atoms with E-state index in [1.54, 1.807) is 6.07 Å². The average Bonchev–Trinajstić information content (AvgIpc) is 3.20. The lowest BCUT2D eigenvalue weighted by Crippen LogP contribution is -2.43. The van der Waals surface area contributed by atoms with Crippen LogP contribution in [0.5, 0.6) is 0 Å². The molecule has 7 nitrogen and oxygen atoms in total. The molecule has 0 saturated heterocycles. The number of carbonyl (C=O) groups is 1. The van der Waals surface area contributed by atoms with Crippen LogP contribution in [0, 0.1) is 11.3 Å². The highest BCUT2D eigenvalue weighted by molar-refractivity contribution is 5.76. The summed E-state index contributed by atoms with van der Waals surface area (Å²) in [6.07, 6.45) is 3.20. The molecule has 2 heterocycles. The number of rotatable bonds is 8. The molecule has 0 aliphatic rings. The summed E-state index contributed by atoms with van der Waals surface area (Å²) in [6, 6.07) is 1.74. The third-order valence-corrected chi connectivity index (χ3v) is 3.99. The second kappa shape index (κ2) is 7.61. The van der Waals surface area contributed by atoms with Crippen LogP contribution in [0.3, 0.4) is 0 Å². The van der Waals surface area contributed by atoms with Gasteiger partial charge in [-0.1, -0.05) is 32.9 Å². The third kappa shape index (κ3) is 4.67. The number of furan rings is 1. The van der Waals surface area contributed by atoms with Crippen molar-refractivity contribution in [2.75, 3.05) is 6.54 Å². The Morgan fingerprint density at radius 3 is 2.79 bits per heavy atom. The molecule has 0 saturated carbocycles. The molecule has 0 aromatic carbocycles. The van der Waals surface area contributed by atoms with Gasteiger partial charge in [0.2, 0.25) is 17.6 Å². The number of aryl methyl sites for hydroxylation is 1. The largest absolute Gasteiger partial charge is 0.472 e. The van der Waals surface area contributed by atoms with Crippen LogP contribution in [0.25, 0.3) is 11.4 Å². The van der Waals surface area contributed by atoms with Crippen molar-refractivity contribution >= 4 is 5.91 Å². The summed E-state index contributed by atoms with van der Waals surface area (Å²) in [4.78, 5) is 16.2. The van der Waals surface area contributed by atoms with Gasteiger partial charge in [0.25, 0.3) is 0 Å². The first kappa shape index (κ1) is 18.2. The number of aromatic nitrogens is 2. The van der Waals surface area contributed by atoms with E-state index in [4.69, 9.17) is 8.94 Å². The van der Waals surface area contributed by atoms with E-state index in [-0.39, 0.29) is 23.7 Å². The van der Waals surface area contributed by atoms with Crippen LogP contribution in [0.15, 0.2) is 27.5 Å². The standard InChI is InChI=1S/C17H25N3O4/c1-11(2)15(22)17(3,4)10-18-13(21)5-6-14-19-16(20-24-14)12-7-8-23-9-12/h7-9,11,15,22H,5-6,10H2,1-4H3,(H,18,21). The molecule has 1 amide bonds. The van der Waals surface area contributed by atoms with Gasteiger partial charge in [0.1, 0.15) is 6.26 Å². The molecule has 0 spiro atoms. The number of nitrogens with zero attached hydrogens (tertiary/aromatic N) is 2. The van der Waals surface area contributed by atoms with Crippen molar-refractivity contribution in [3.63, 3.8) is 0 Å². The Morgan fingerprint density at radius 1 is 1.42 bits per heavy atom. The Morgan fingerprint density at radius 2 is 2.17 bits per heavy atom. The maximum atomic E-state index is 12.0. The highest BCUT2D eigenvalue weighted by Crippen LogP contribution is 2.25. The van der Waals surface area contributed by atoms with E-state index in [0.29, 0.717) is 24.7 Å². The molecular formula is C17H25N3O4. The molecule has 7 heteroatoms. The first-order chi connectivity index (χ1) is 11.3. The lowest BCUT2D eigenvalue weighted by atomic mass is 9.80. The fourth-order valence-corrected chi connectivity index (χ4v) is 2.51. The summed E-state index contributed by atoms with van der Waals surface area (Å²) in [6.45, 7) is 8.21. The molecule has 0 aliphatic heterocycles. The molecule has 0 radical (unpaired) electrons. The van der Waals surface area contributed by atoms with Crippen molar-refractivity contribution < 1.29 is 18.8 Å². The zero-order chi connectivity index (χ0) is 17.7. The number of hydrogen-bond acceptors (Lipinski definition) is 6. The van der Waals surface area contributed by atoms with Crippen molar-refractivity contribution in [3.8, 4) is 11.4 Å². The normalized spacial score (nSPS) is 13.2. The van der Waals surface area contributed by atoms with Gasteiger partial charge in [-0.15, -0.1) is 0 Å². The fraction of sp³-hybridized carbons (Fsp3) is 0.588. The molecule has 1 unspecified atom stereocenters. The average molecular weight is 335 g/mol. The van der Waals surface area contributed by atoms with E-state index in [1.807, 2.05) is 27.7 Å². The predicted octanol–water partition coefficient (Wildman–Crippen LogP) is 2.42. The Hall–Kier alpha value is -2.15. The highest BCUT2D eigenvalue weighted by atomic mass is 16.5. The third-order valence-electron chi connectivity index (χ3n) is 3.99. The first-order valence-electron chi connectivity index (χ1n) is 8.09. The van der Waals surface area contributed by atoms with Gasteiger partial charge in [-0.05, 0) is 12.0 Å². The van der Waals surface area contributed by atoms with Gasteiger partial charge >= 0.3 is 0 Å². The zero-order valence-electron chi connectivity index (χ0n) is 14.6. The van der Waals surface area contributed by atoms with Gasteiger partial charge in [-0.2, -0.15) is 4.98 Å². The Labute approximate surface area is 141 Å². The van der Waals surface area contributed by atoms with E-state index in [9.17, 15) is 9.90 Å². The Balaban J connectivity index is 1.79. The van der Waals surface area contributed by atoms with Crippen LogP contribution in [-0.2, 0) is 11.2 Å². The minimum atomic E-state index is -0.480. The summed E-state index contributed by atoms with van der Waals surface area (Å²) in [5.74, 6) is 0.877. The van der Waals surface area contributed by atoms with Crippen molar-refractivity contribution in [3.05, 3.63) is 24.5 Å². The lowest BCUT2D eigenvalue weighted by molar-refractivity contribution is -0.122. The predicted molar refractivity (Wildman–Crippen MR) is 88.0 cm³/mol. The smallest absolute Gasteiger partial charge is 0.227 e. The lowest BCUT2D eigenvalue weighted by Gasteiger charge is -2.33. The summed E-state index contributed by atoms with van der Waals surface area (Å²) in [5, 5.41) is 16.9. The van der Waals surface area contributed by atoms with Crippen molar-refractivity contribution in [1.29, 1.82) is 0 Å². The molecule has 0 aliphatic carbocycles. The van der Waals surface area contributed by atoms with E-state index < -0.39 is 6.10 Å². The molecule has 2 rings (SSSR count). The van der Waals surface area contributed by atoms with Crippen molar-refractivity contribution in [2.24, 2.45) is 11.3 Å². The SMILES string of the molecule is CC(C)C(O)C(C)(C)CNC(=O)CCc1nc(-c2ccoc2)no1. The highest BCUT2D eigenvalue weighted by Gasteiger charge is 2.30. The second-order valence-corrected chi connectivity index (χ2v) is 6.98. The van der Waals surface area contributed by atoms with Crippen LogP contribution in [0.1, 0.15) is 40.0 Å². The monoisotopic (exact) mass is 335 g/mol. The number of hydrogen-bond donors (Lipinski definition) is 2. The number of nitrogens with one attached hydrogen (secondary N) is 1. The maximum absolute atomic E-state index is 12.0. The van der Waals surface area contributed by atoms with Crippen LogP contribution < -0.4 is 5.32 Å². The first-order valence-corrected chi connectivity index (χ1v) is 8.09. The van der Waals surface area contributed by atoms with Gasteiger partial charge in [0.05, 0.1) is 17.9 Å². The topological polar surface area (TPSA) is 101 Å². The van der Waals surface area contributed by atoms with Crippen LogP contribution in [-0.4, -0.2) is 33.8 Å². The second-order valence-electron chi connectivity index (χ2n) is 6.98. The zero-order valence-corrected chi connectivity index (χ0v) is 14.6. The van der Waals surface area contributed by atoms with Crippen LogP contribution in [0.4, 0.5) is 0 Å². The minimum Gasteiger partial charge on any atom is -0.472 e. The number of aliphatic hydroxyl groups excluding tert-OH is 1. The molecule has 2 aromatic rings. The summed E-state index contributed by atoms with van der Waals surface area (Å²) in [5.41, 5.74) is 0.349. The fourth-order valence-electron chi connectivity index (χ4n) is 2.51. The summed E-state index contributed by atoms with van der Waals surface area (Å²) < 4.78 is 10.1. The van der Waals surface area contributed by atoms with Crippen LogP contribution in [0.2, 0.25) is 0 Å². The van der Waals surface area contributed by atoms with Crippen molar-refractivity contribution in [1.82, 2.24) is 15.5 Å². The molecular weight excluding hydrogens is 310 g/mol. The molecule has 2 N–H and O–H groups in total. The minimum absolute atomic E-state index is 0.109. The van der Waals surface area contributed by atoms with Gasteiger partial charge in [-0.3, -0.25) is 4.79 Å².